The van der Waals surface area contributed by atoms with Crippen LogP contribution in [0.4, 0.5) is 5.69 Å². The Labute approximate surface area is 258 Å². The molecule has 0 aliphatic heterocycles. The monoisotopic (exact) mass is 633 g/mol. The molecule has 42 heavy (non-hydrogen) atoms. The van der Waals surface area contributed by atoms with Crippen molar-refractivity contribution in [1.82, 2.24) is 10.2 Å². The Balaban J connectivity index is 2.05. The van der Waals surface area contributed by atoms with Crippen LogP contribution in [0.1, 0.15) is 46.1 Å². The second kappa shape index (κ2) is 15.3. The molecule has 3 aromatic rings. The van der Waals surface area contributed by atoms with E-state index >= 15 is 0 Å². The zero-order chi connectivity index (χ0) is 30.9. The van der Waals surface area contributed by atoms with Crippen LogP contribution in [-0.2, 0) is 26.2 Å². The first-order chi connectivity index (χ1) is 20.0. The molecule has 0 bridgehead atoms. The first-order valence-corrected chi connectivity index (χ1v) is 16.1. The van der Waals surface area contributed by atoms with Crippen molar-refractivity contribution in [3.63, 3.8) is 0 Å². The van der Waals surface area contributed by atoms with Crippen LogP contribution in [0.2, 0.25) is 10.0 Å². The molecule has 0 aliphatic carbocycles. The number of carbonyl (C=O) groups excluding carboxylic acids is 2. The molecule has 0 saturated carbocycles. The fourth-order valence-corrected chi connectivity index (χ4v) is 6.20. The van der Waals surface area contributed by atoms with Gasteiger partial charge in [0.05, 0.1) is 17.2 Å². The zero-order valence-electron chi connectivity index (χ0n) is 24.2. The lowest BCUT2D eigenvalue weighted by Crippen LogP contribution is -2.53. The third-order valence-corrected chi connectivity index (χ3v) is 9.16. The molecule has 0 spiro atoms. The average molecular weight is 635 g/mol. The topological polar surface area (TPSA) is 96.0 Å². The molecule has 0 aliphatic rings. The molecule has 1 N–H and O–H groups in total. The molecule has 0 fully saturated rings. The highest BCUT2D eigenvalue weighted by molar-refractivity contribution is 7.92. The lowest BCUT2D eigenvalue weighted by Gasteiger charge is -2.34. The van der Waals surface area contributed by atoms with E-state index in [9.17, 15) is 18.0 Å². The number of halogens is 2. The lowest BCUT2D eigenvalue weighted by molar-refractivity contribution is -0.140. The highest BCUT2D eigenvalue weighted by atomic mass is 35.5. The summed E-state index contributed by atoms with van der Waals surface area (Å²) in [6, 6.07) is 18.3. The summed E-state index contributed by atoms with van der Waals surface area (Å²) in [5.41, 5.74) is 0.881. The smallest absolute Gasteiger partial charge is 0.264 e. The van der Waals surface area contributed by atoms with Crippen LogP contribution in [0, 0.1) is 0 Å². The number of carbonyl (C=O) groups is 2. The number of nitrogens with zero attached hydrogens (tertiary/aromatic N) is 2. The van der Waals surface area contributed by atoms with Crippen molar-refractivity contribution in [1.29, 1.82) is 0 Å². The van der Waals surface area contributed by atoms with E-state index in [1.54, 1.807) is 67.6 Å². The van der Waals surface area contributed by atoms with Crippen molar-refractivity contribution >= 4 is 50.7 Å². The second-order valence-electron chi connectivity index (χ2n) is 9.75. The summed E-state index contributed by atoms with van der Waals surface area (Å²) in [6.07, 6.45) is 1.01. The zero-order valence-corrected chi connectivity index (χ0v) is 26.5. The van der Waals surface area contributed by atoms with Gasteiger partial charge in [-0.3, -0.25) is 13.9 Å². The molecule has 0 saturated heterocycles. The predicted molar refractivity (Wildman–Crippen MR) is 168 cm³/mol. The Hall–Kier alpha value is -3.27. The predicted octanol–water partition coefficient (Wildman–Crippen LogP) is 6.31. The van der Waals surface area contributed by atoms with Gasteiger partial charge in [-0.25, -0.2) is 8.42 Å². The standard InChI is InChI=1S/C31H37Cl2N3O5S/c1-5-22(4)34-31(38)29(6-2)35(20-23-13-14-24(32)19-28(23)33)30(37)21-36(25-11-9-8-10-12-25)42(39,40)27-17-15-26(16-18-27)41-7-3/h8-19,22,29H,5-7,20-21H2,1-4H3,(H,34,38)/t22-,29+/m1/s1. The number of sulfonamides is 1. The Morgan fingerprint density at radius 3 is 2.17 bits per heavy atom. The molecule has 11 heteroatoms. The molecule has 3 aromatic carbocycles. The van der Waals surface area contributed by atoms with Crippen LogP contribution in [0.15, 0.2) is 77.7 Å². The van der Waals surface area contributed by atoms with Crippen molar-refractivity contribution < 1.29 is 22.7 Å². The maximum absolute atomic E-state index is 14.1. The normalized spacial score (nSPS) is 12.7. The Kier molecular flexibility index (Phi) is 12.1. The fourth-order valence-electron chi connectivity index (χ4n) is 4.32. The third kappa shape index (κ3) is 8.40. The minimum Gasteiger partial charge on any atom is -0.494 e. The molecule has 2 amide bonds. The molecule has 2 atom stereocenters. The van der Waals surface area contributed by atoms with Crippen LogP contribution in [0.3, 0.4) is 0 Å². The second-order valence-corrected chi connectivity index (χ2v) is 12.5. The van der Waals surface area contributed by atoms with Crippen molar-refractivity contribution in [2.24, 2.45) is 0 Å². The van der Waals surface area contributed by atoms with Crippen LogP contribution in [-0.4, -0.2) is 50.4 Å². The van der Waals surface area contributed by atoms with Gasteiger partial charge in [-0.1, -0.05) is 61.3 Å². The van der Waals surface area contributed by atoms with Gasteiger partial charge >= 0.3 is 0 Å². The van der Waals surface area contributed by atoms with E-state index in [0.717, 1.165) is 4.31 Å². The average Bonchev–Trinajstić information content (AvgIpc) is 2.97. The summed E-state index contributed by atoms with van der Waals surface area (Å²) in [5, 5.41) is 3.71. The Morgan fingerprint density at radius 2 is 1.60 bits per heavy atom. The van der Waals surface area contributed by atoms with Gasteiger partial charge in [0, 0.05) is 22.6 Å². The number of ether oxygens (including phenoxy) is 1. The summed E-state index contributed by atoms with van der Waals surface area (Å²) < 4.78 is 34.4. The number of hydrogen-bond acceptors (Lipinski definition) is 5. The molecule has 0 unspecified atom stereocenters. The minimum atomic E-state index is -4.19. The van der Waals surface area contributed by atoms with E-state index in [1.807, 2.05) is 20.8 Å². The quantitative estimate of drug-likeness (QED) is 0.224. The van der Waals surface area contributed by atoms with Gasteiger partial charge in [-0.15, -0.1) is 0 Å². The van der Waals surface area contributed by atoms with E-state index in [0.29, 0.717) is 46.5 Å². The number of amides is 2. The first kappa shape index (κ1) is 33.2. The van der Waals surface area contributed by atoms with Gasteiger partial charge in [-0.2, -0.15) is 0 Å². The fraction of sp³-hybridized carbons (Fsp3) is 0.355. The number of para-hydroxylation sites is 1. The molecule has 0 radical (unpaired) electrons. The molecule has 0 heterocycles. The molecule has 226 valence electrons. The summed E-state index contributed by atoms with van der Waals surface area (Å²) in [7, 11) is -4.19. The van der Waals surface area contributed by atoms with Crippen LogP contribution < -0.4 is 14.4 Å². The van der Waals surface area contributed by atoms with Crippen molar-refractivity contribution in [3.8, 4) is 5.75 Å². The highest BCUT2D eigenvalue weighted by Crippen LogP contribution is 2.27. The highest BCUT2D eigenvalue weighted by Gasteiger charge is 2.34. The van der Waals surface area contributed by atoms with Gasteiger partial charge in [0.2, 0.25) is 11.8 Å². The van der Waals surface area contributed by atoms with Crippen molar-refractivity contribution in [3.05, 3.63) is 88.4 Å². The number of benzene rings is 3. The lowest BCUT2D eigenvalue weighted by atomic mass is 10.1. The number of nitrogens with one attached hydrogen (secondary N) is 1. The molecular weight excluding hydrogens is 597 g/mol. The largest absolute Gasteiger partial charge is 0.494 e. The maximum atomic E-state index is 14.1. The SMILES string of the molecule is CCOc1ccc(S(=O)(=O)N(CC(=O)N(Cc2ccc(Cl)cc2Cl)[C@@H](CC)C(=O)N[C@H](C)CC)c2ccccc2)cc1. The van der Waals surface area contributed by atoms with Gasteiger partial charge < -0.3 is 15.0 Å². The van der Waals surface area contributed by atoms with E-state index in [4.69, 9.17) is 27.9 Å². The Morgan fingerprint density at radius 1 is 0.929 bits per heavy atom. The third-order valence-electron chi connectivity index (χ3n) is 6.79. The summed E-state index contributed by atoms with van der Waals surface area (Å²) in [4.78, 5) is 28.9. The Bertz CT molecular complexity index is 1450. The van der Waals surface area contributed by atoms with E-state index in [2.05, 4.69) is 5.32 Å². The van der Waals surface area contributed by atoms with E-state index < -0.39 is 28.5 Å². The first-order valence-electron chi connectivity index (χ1n) is 13.9. The van der Waals surface area contributed by atoms with Crippen LogP contribution in [0.5, 0.6) is 5.75 Å². The van der Waals surface area contributed by atoms with Gasteiger partial charge in [-0.05, 0) is 80.8 Å². The molecule has 0 aromatic heterocycles. The van der Waals surface area contributed by atoms with E-state index in [-0.39, 0.29) is 23.4 Å². The van der Waals surface area contributed by atoms with Gasteiger partial charge in [0.15, 0.2) is 0 Å². The molecule has 8 nitrogen and oxygen atoms in total. The van der Waals surface area contributed by atoms with Crippen molar-refractivity contribution in [2.45, 2.75) is 64.1 Å². The van der Waals surface area contributed by atoms with E-state index in [1.165, 1.54) is 17.0 Å². The van der Waals surface area contributed by atoms with Crippen LogP contribution in [0.25, 0.3) is 0 Å². The molecular formula is C31H37Cl2N3O5S. The molecule has 3 rings (SSSR count). The summed E-state index contributed by atoms with van der Waals surface area (Å²) >= 11 is 12.6. The van der Waals surface area contributed by atoms with Crippen LogP contribution >= 0.6 is 23.2 Å². The number of hydrogen-bond donors (Lipinski definition) is 1. The summed E-state index contributed by atoms with van der Waals surface area (Å²) in [5.74, 6) is -0.362. The number of rotatable bonds is 14. The van der Waals surface area contributed by atoms with Crippen molar-refractivity contribution in [2.75, 3.05) is 17.5 Å². The summed E-state index contributed by atoms with van der Waals surface area (Å²) in [6.45, 7) is 7.34. The number of anilines is 1. The minimum absolute atomic E-state index is 0.00328. The van der Waals surface area contributed by atoms with Gasteiger partial charge in [0.25, 0.3) is 10.0 Å². The maximum Gasteiger partial charge on any atom is 0.264 e. The van der Waals surface area contributed by atoms with Gasteiger partial charge in [0.1, 0.15) is 18.3 Å².